The zero-order valence-corrected chi connectivity index (χ0v) is 20.6. The molecule has 1 aromatic carbocycles. The Labute approximate surface area is 201 Å². The Bertz CT molecular complexity index is 1100. The fraction of sp³-hybridized carbons (Fsp3) is 0.542. The highest BCUT2D eigenvalue weighted by Crippen LogP contribution is 2.43. The summed E-state index contributed by atoms with van der Waals surface area (Å²) in [5.74, 6) is -1.30. The van der Waals surface area contributed by atoms with E-state index in [2.05, 4.69) is 4.98 Å². The maximum atomic E-state index is 13.5. The summed E-state index contributed by atoms with van der Waals surface area (Å²) in [6, 6.07) is 6.58. The molecule has 1 amide bonds. The number of rotatable bonds is 3. The van der Waals surface area contributed by atoms with E-state index >= 15 is 0 Å². The average molecular weight is 500 g/mol. The fourth-order valence-electron chi connectivity index (χ4n) is 4.15. The Morgan fingerprint density at radius 1 is 1.12 bits per heavy atom. The second kappa shape index (κ2) is 9.60. The summed E-state index contributed by atoms with van der Waals surface area (Å²) in [6.45, 7) is 6.73. The highest BCUT2D eigenvalue weighted by atomic mass is 35.5. The molecule has 0 radical (unpaired) electrons. The normalized spacial score (nSPS) is 19.1. The van der Waals surface area contributed by atoms with Crippen LogP contribution in [-0.4, -0.2) is 34.5 Å². The smallest absolute Gasteiger partial charge is 0.415 e. The third-order valence-corrected chi connectivity index (χ3v) is 6.19. The number of ether oxygens (including phenoxy) is 1. The summed E-state index contributed by atoms with van der Waals surface area (Å²) >= 11 is 6.00. The van der Waals surface area contributed by atoms with Crippen LogP contribution in [0.3, 0.4) is 0 Å². The highest BCUT2D eigenvalue weighted by Gasteiger charge is 2.42. The number of amides is 1. The molecule has 1 aliphatic carbocycles. The van der Waals surface area contributed by atoms with Crippen molar-refractivity contribution in [3.8, 4) is 5.69 Å². The molecule has 3 rings (SSSR count). The number of carbonyl (C=O) groups excluding carboxylic acids is 1. The molecule has 1 fully saturated rings. The largest absolute Gasteiger partial charge is 0.443 e. The van der Waals surface area contributed by atoms with Gasteiger partial charge in [0.25, 0.3) is 5.56 Å². The summed E-state index contributed by atoms with van der Waals surface area (Å²) in [6.07, 6.45) is -4.57. The quantitative estimate of drug-likeness (QED) is 0.490. The van der Waals surface area contributed by atoms with Gasteiger partial charge in [-0.05, 0) is 77.6 Å². The van der Waals surface area contributed by atoms with Crippen molar-refractivity contribution in [3.05, 3.63) is 51.0 Å². The standard InChI is InChI=1S/C24H29ClF3N3O3/c1-14-19(30(5)22(33)34-23(2,3)4)29-20(15-6-8-16(9-7-15)24(26,27)28)31(21(14)32)18-12-10-17(25)11-13-18/h10-13,15-16H,6-9H2,1-5H3/t15-,16+. The molecule has 6 nitrogen and oxygen atoms in total. The molecule has 0 unspecified atom stereocenters. The van der Waals surface area contributed by atoms with Gasteiger partial charge in [-0.15, -0.1) is 0 Å². The molecule has 2 aromatic rings. The lowest BCUT2D eigenvalue weighted by atomic mass is 9.81. The molecule has 10 heteroatoms. The number of aromatic nitrogens is 2. The summed E-state index contributed by atoms with van der Waals surface area (Å²) in [5.41, 5.74) is -0.438. The van der Waals surface area contributed by atoms with Crippen LogP contribution in [0.1, 0.15) is 63.8 Å². The lowest BCUT2D eigenvalue weighted by molar-refractivity contribution is -0.182. The van der Waals surface area contributed by atoms with Crippen LogP contribution in [-0.2, 0) is 4.74 Å². The van der Waals surface area contributed by atoms with Crippen LogP contribution in [0, 0.1) is 12.8 Å². The van der Waals surface area contributed by atoms with Crippen LogP contribution < -0.4 is 10.5 Å². The Hall–Kier alpha value is -2.55. The van der Waals surface area contributed by atoms with Gasteiger partial charge in [0.05, 0.1) is 17.2 Å². The molecule has 0 N–H and O–H groups in total. The summed E-state index contributed by atoms with van der Waals surface area (Å²) in [5, 5.41) is 0.481. The zero-order valence-electron chi connectivity index (χ0n) is 19.9. The van der Waals surface area contributed by atoms with Crippen LogP contribution in [0.5, 0.6) is 0 Å². The minimum Gasteiger partial charge on any atom is -0.443 e. The number of hydrogen-bond acceptors (Lipinski definition) is 4. The van der Waals surface area contributed by atoms with E-state index in [0.717, 1.165) is 0 Å². The average Bonchev–Trinajstić information content (AvgIpc) is 2.74. The van der Waals surface area contributed by atoms with Crippen molar-refractivity contribution >= 4 is 23.5 Å². The van der Waals surface area contributed by atoms with Gasteiger partial charge in [-0.1, -0.05) is 11.6 Å². The first-order valence-electron chi connectivity index (χ1n) is 11.1. The minimum absolute atomic E-state index is 0.0459. The molecule has 0 spiro atoms. The molecule has 1 aliphatic rings. The molecule has 0 bridgehead atoms. The van der Waals surface area contributed by atoms with Gasteiger partial charge in [-0.3, -0.25) is 14.3 Å². The molecular weight excluding hydrogens is 471 g/mol. The lowest BCUT2D eigenvalue weighted by Gasteiger charge is -2.31. The van der Waals surface area contributed by atoms with Gasteiger partial charge in [0.1, 0.15) is 17.2 Å². The van der Waals surface area contributed by atoms with Gasteiger partial charge in [0.2, 0.25) is 0 Å². The van der Waals surface area contributed by atoms with Crippen LogP contribution in [0.15, 0.2) is 29.1 Å². The van der Waals surface area contributed by atoms with E-state index in [9.17, 15) is 22.8 Å². The van der Waals surface area contributed by atoms with Gasteiger partial charge in [-0.2, -0.15) is 13.2 Å². The van der Waals surface area contributed by atoms with Crippen LogP contribution in [0.4, 0.5) is 23.8 Å². The van der Waals surface area contributed by atoms with Crippen molar-refractivity contribution in [2.75, 3.05) is 11.9 Å². The van der Waals surface area contributed by atoms with Crippen molar-refractivity contribution in [2.24, 2.45) is 5.92 Å². The molecule has 0 aliphatic heterocycles. The Balaban J connectivity index is 2.10. The second-order valence-electron chi connectivity index (χ2n) is 9.67. The third kappa shape index (κ3) is 5.74. The molecule has 34 heavy (non-hydrogen) atoms. The van der Waals surface area contributed by atoms with Crippen molar-refractivity contribution < 1.29 is 22.7 Å². The number of anilines is 1. The van der Waals surface area contributed by atoms with E-state index in [0.29, 0.717) is 16.5 Å². The predicted octanol–water partition coefficient (Wildman–Crippen LogP) is 6.40. The van der Waals surface area contributed by atoms with E-state index in [-0.39, 0.29) is 43.0 Å². The van der Waals surface area contributed by atoms with Gasteiger partial charge in [0, 0.05) is 18.0 Å². The van der Waals surface area contributed by atoms with Crippen molar-refractivity contribution in [3.63, 3.8) is 0 Å². The molecule has 0 atom stereocenters. The van der Waals surface area contributed by atoms with E-state index in [4.69, 9.17) is 16.3 Å². The number of benzene rings is 1. The van der Waals surface area contributed by atoms with Crippen LogP contribution >= 0.6 is 11.6 Å². The number of alkyl halides is 3. The number of carbonyl (C=O) groups is 1. The summed E-state index contributed by atoms with van der Waals surface area (Å²) in [7, 11) is 1.46. The molecule has 186 valence electrons. The fourth-order valence-corrected chi connectivity index (χ4v) is 4.27. The van der Waals surface area contributed by atoms with Crippen LogP contribution in [0.2, 0.25) is 5.02 Å². The van der Waals surface area contributed by atoms with Crippen molar-refractivity contribution in [2.45, 2.75) is 71.1 Å². The summed E-state index contributed by atoms with van der Waals surface area (Å²) < 4.78 is 46.5. The van der Waals surface area contributed by atoms with Crippen molar-refractivity contribution in [1.82, 2.24) is 9.55 Å². The van der Waals surface area contributed by atoms with Gasteiger partial charge in [0.15, 0.2) is 0 Å². The Morgan fingerprint density at radius 3 is 2.18 bits per heavy atom. The van der Waals surface area contributed by atoms with E-state index in [1.165, 1.54) is 16.5 Å². The number of halogens is 4. The Kier molecular flexibility index (Phi) is 7.36. The van der Waals surface area contributed by atoms with Crippen LogP contribution in [0.25, 0.3) is 5.69 Å². The first kappa shape index (κ1) is 26.1. The first-order valence-corrected chi connectivity index (χ1v) is 11.5. The van der Waals surface area contributed by atoms with E-state index < -0.39 is 29.3 Å². The van der Waals surface area contributed by atoms with Gasteiger partial charge < -0.3 is 4.74 Å². The summed E-state index contributed by atoms with van der Waals surface area (Å²) in [4.78, 5) is 32.0. The third-order valence-electron chi connectivity index (χ3n) is 5.93. The van der Waals surface area contributed by atoms with E-state index in [1.807, 2.05) is 0 Å². The van der Waals surface area contributed by atoms with E-state index in [1.54, 1.807) is 52.0 Å². The molecule has 0 saturated heterocycles. The van der Waals surface area contributed by atoms with Crippen molar-refractivity contribution in [1.29, 1.82) is 0 Å². The SMILES string of the molecule is Cc1c(N(C)C(=O)OC(C)(C)C)nc([C@H]2CC[C@@H](C(F)(F)F)CC2)n(-c2ccc(Cl)cc2)c1=O. The molecule has 1 heterocycles. The second-order valence-corrected chi connectivity index (χ2v) is 10.1. The number of nitrogens with zero attached hydrogens (tertiary/aromatic N) is 3. The van der Waals surface area contributed by atoms with Gasteiger partial charge >= 0.3 is 12.3 Å². The maximum Gasteiger partial charge on any atom is 0.415 e. The predicted molar refractivity (Wildman–Crippen MR) is 125 cm³/mol. The maximum absolute atomic E-state index is 13.5. The monoisotopic (exact) mass is 499 g/mol. The lowest BCUT2D eigenvalue weighted by Crippen LogP contribution is -2.38. The minimum atomic E-state index is -4.25. The molecule has 1 aromatic heterocycles. The molecular formula is C24H29ClF3N3O3. The highest BCUT2D eigenvalue weighted by molar-refractivity contribution is 6.30. The first-order chi connectivity index (χ1) is 15.7. The Morgan fingerprint density at radius 2 is 1.68 bits per heavy atom. The van der Waals surface area contributed by atoms with Gasteiger partial charge in [-0.25, -0.2) is 9.78 Å². The topological polar surface area (TPSA) is 64.4 Å². The molecule has 1 saturated carbocycles. The zero-order chi connectivity index (χ0) is 25.4. The number of hydrogen-bond donors (Lipinski definition) is 0.